The third-order valence-electron chi connectivity index (χ3n) is 1.12. The first kappa shape index (κ1) is 5.97. The molecule has 0 aromatic rings. The Morgan fingerprint density at radius 2 is 1.88 bits per heavy atom. The van der Waals surface area contributed by atoms with Gasteiger partial charge in [0.15, 0.2) is 6.29 Å². The number of ether oxygens (including phenoxy) is 1. The van der Waals surface area contributed by atoms with E-state index in [2.05, 4.69) is 4.74 Å². The minimum absolute atomic E-state index is 0.0162. The van der Waals surface area contributed by atoms with Gasteiger partial charge in [0.1, 0.15) is 12.2 Å². The van der Waals surface area contributed by atoms with Gasteiger partial charge in [-0.1, -0.05) is 0 Å². The Balaban J connectivity index is 2.44. The molecule has 0 aromatic heterocycles. The summed E-state index contributed by atoms with van der Waals surface area (Å²) < 4.78 is 4.43. The summed E-state index contributed by atoms with van der Waals surface area (Å²) in [5.74, 6) is 0. The molecule has 0 unspecified atom stereocenters. The molecule has 48 valence electrons. The normalized spacial score (nSPS) is 47.6. The summed E-state index contributed by atoms with van der Waals surface area (Å²) in [4.78, 5) is 0. The quantitative estimate of drug-likeness (QED) is 0.348. The molecule has 1 rings (SSSR count). The Hall–Kier alpha value is -0.160. The van der Waals surface area contributed by atoms with E-state index < -0.39 is 18.5 Å². The van der Waals surface area contributed by atoms with Gasteiger partial charge in [-0.25, -0.2) is 0 Å². The van der Waals surface area contributed by atoms with Crippen LogP contribution in [0, 0.1) is 0 Å². The van der Waals surface area contributed by atoms with Crippen LogP contribution in [-0.2, 0) is 4.74 Å². The Bertz CT molecular complexity index is 74.1. The molecule has 1 aliphatic heterocycles. The summed E-state index contributed by atoms with van der Waals surface area (Å²) in [7, 11) is 0. The fraction of sp³-hybridized carbons (Fsp3) is 1.00. The summed E-state index contributed by atoms with van der Waals surface area (Å²) in [6, 6.07) is 0. The van der Waals surface area contributed by atoms with Crippen LogP contribution in [0.1, 0.15) is 0 Å². The van der Waals surface area contributed by atoms with Crippen LogP contribution >= 0.6 is 0 Å². The highest BCUT2D eigenvalue weighted by Gasteiger charge is 2.32. The van der Waals surface area contributed by atoms with E-state index in [1.165, 1.54) is 0 Å². The minimum Gasteiger partial charge on any atom is -0.388 e. The van der Waals surface area contributed by atoms with Crippen molar-refractivity contribution in [3.63, 3.8) is 0 Å². The number of hydrogen-bond acceptors (Lipinski definition) is 4. The largest absolute Gasteiger partial charge is 0.388 e. The molecule has 3 atom stereocenters. The minimum atomic E-state index is -1.20. The Labute approximate surface area is 46.3 Å². The zero-order valence-corrected chi connectivity index (χ0v) is 4.19. The van der Waals surface area contributed by atoms with E-state index in [1.54, 1.807) is 0 Å². The molecule has 0 aliphatic carbocycles. The van der Waals surface area contributed by atoms with E-state index in [4.69, 9.17) is 15.3 Å². The number of hydrogen-bond donors (Lipinski definition) is 3. The van der Waals surface area contributed by atoms with Gasteiger partial charge in [-0.2, -0.15) is 0 Å². The van der Waals surface area contributed by atoms with E-state index >= 15 is 0 Å². The van der Waals surface area contributed by atoms with Crippen molar-refractivity contribution in [2.45, 2.75) is 18.5 Å². The summed E-state index contributed by atoms with van der Waals surface area (Å²) in [6.45, 7) is 0.0162. The second-order valence-electron chi connectivity index (χ2n) is 1.78. The predicted molar refractivity (Wildman–Crippen MR) is 24.0 cm³/mol. The van der Waals surface area contributed by atoms with Crippen LogP contribution in [-0.4, -0.2) is 40.4 Å². The van der Waals surface area contributed by atoms with Crippen molar-refractivity contribution < 1.29 is 20.1 Å². The Morgan fingerprint density at radius 3 is 2.00 bits per heavy atom. The summed E-state index contributed by atoms with van der Waals surface area (Å²) >= 11 is 0. The third-order valence-corrected chi connectivity index (χ3v) is 1.12. The van der Waals surface area contributed by atoms with Gasteiger partial charge in [-0.05, 0) is 0 Å². The van der Waals surface area contributed by atoms with Crippen molar-refractivity contribution in [2.24, 2.45) is 0 Å². The standard InChI is InChI=1S/C4H8O4/c5-2-1-8-4(7)3(2)6/h2-7H,1H2/t2-,3+,4-/m1/s1. The van der Waals surface area contributed by atoms with Gasteiger partial charge >= 0.3 is 0 Å². The van der Waals surface area contributed by atoms with Crippen LogP contribution in [0.25, 0.3) is 0 Å². The van der Waals surface area contributed by atoms with Crippen LogP contribution in [0.4, 0.5) is 0 Å². The molecule has 0 saturated carbocycles. The van der Waals surface area contributed by atoms with Crippen LogP contribution in [0.15, 0.2) is 0 Å². The van der Waals surface area contributed by atoms with E-state index in [1.807, 2.05) is 0 Å². The molecule has 1 aliphatic rings. The highest BCUT2D eigenvalue weighted by Crippen LogP contribution is 2.10. The third kappa shape index (κ3) is 0.830. The number of rotatable bonds is 0. The Kier molecular flexibility index (Phi) is 1.48. The van der Waals surface area contributed by atoms with Gasteiger partial charge in [0.05, 0.1) is 6.61 Å². The van der Waals surface area contributed by atoms with E-state index in [9.17, 15) is 0 Å². The lowest BCUT2D eigenvalue weighted by Crippen LogP contribution is -2.29. The van der Waals surface area contributed by atoms with Crippen molar-refractivity contribution in [1.29, 1.82) is 0 Å². The zero-order chi connectivity index (χ0) is 6.15. The van der Waals surface area contributed by atoms with E-state index in [-0.39, 0.29) is 6.61 Å². The highest BCUT2D eigenvalue weighted by atomic mass is 16.6. The van der Waals surface area contributed by atoms with Crippen molar-refractivity contribution >= 4 is 0 Å². The van der Waals surface area contributed by atoms with Crippen LogP contribution < -0.4 is 0 Å². The van der Waals surface area contributed by atoms with Crippen LogP contribution in [0.3, 0.4) is 0 Å². The molecule has 0 amide bonds. The lowest BCUT2D eigenvalue weighted by atomic mass is 10.2. The van der Waals surface area contributed by atoms with Gasteiger partial charge in [0, 0.05) is 0 Å². The molecule has 3 N–H and O–H groups in total. The maximum absolute atomic E-state index is 8.64. The number of aliphatic hydroxyl groups is 3. The molecular weight excluding hydrogens is 112 g/mol. The van der Waals surface area contributed by atoms with Crippen molar-refractivity contribution in [1.82, 2.24) is 0 Å². The van der Waals surface area contributed by atoms with E-state index in [0.29, 0.717) is 0 Å². The highest BCUT2D eigenvalue weighted by molar-refractivity contribution is 4.75. The fourth-order valence-electron chi connectivity index (χ4n) is 0.584. The first-order chi connectivity index (χ1) is 3.72. The first-order valence-electron chi connectivity index (χ1n) is 2.37. The lowest BCUT2D eigenvalue weighted by molar-refractivity contribution is -0.111. The Morgan fingerprint density at radius 1 is 1.25 bits per heavy atom. The SMILES string of the molecule is O[C@H]1[C@H](O)CO[C@H]1O. The van der Waals surface area contributed by atoms with Crippen molar-refractivity contribution in [2.75, 3.05) is 6.61 Å². The van der Waals surface area contributed by atoms with E-state index in [0.717, 1.165) is 0 Å². The van der Waals surface area contributed by atoms with Gasteiger partial charge in [-0.3, -0.25) is 0 Å². The first-order valence-corrected chi connectivity index (χ1v) is 2.37. The average Bonchev–Trinajstić information content (AvgIpc) is 1.98. The van der Waals surface area contributed by atoms with Crippen molar-refractivity contribution in [3.8, 4) is 0 Å². The summed E-state index contributed by atoms with van der Waals surface area (Å²) in [5, 5.41) is 25.8. The zero-order valence-electron chi connectivity index (χ0n) is 4.19. The molecule has 0 spiro atoms. The molecular formula is C4H8O4. The smallest absolute Gasteiger partial charge is 0.183 e. The second kappa shape index (κ2) is 1.99. The molecule has 8 heavy (non-hydrogen) atoms. The molecule has 0 bridgehead atoms. The van der Waals surface area contributed by atoms with Gasteiger partial charge in [0.2, 0.25) is 0 Å². The average molecular weight is 120 g/mol. The summed E-state index contributed by atoms with van der Waals surface area (Å²) in [5.41, 5.74) is 0. The molecule has 0 radical (unpaired) electrons. The molecule has 4 heteroatoms. The monoisotopic (exact) mass is 120 g/mol. The fourth-order valence-corrected chi connectivity index (χ4v) is 0.584. The van der Waals surface area contributed by atoms with Crippen LogP contribution in [0.2, 0.25) is 0 Å². The topological polar surface area (TPSA) is 69.9 Å². The lowest BCUT2D eigenvalue weighted by Gasteiger charge is -2.06. The summed E-state index contributed by atoms with van der Waals surface area (Å²) in [6.07, 6.45) is -3.26. The van der Waals surface area contributed by atoms with Crippen LogP contribution in [0.5, 0.6) is 0 Å². The van der Waals surface area contributed by atoms with Crippen molar-refractivity contribution in [3.05, 3.63) is 0 Å². The van der Waals surface area contributed by atoms with Gasteiger partial charge < -0.3 is 20.1 Å². The molecule has 4 nitrogen and oxygen atoms in total. The van der Waals surface area contributed by atoms with Gasteiger partial charge in [-0.15, -0.1) is 0 Å². The molecule has 1 fully saturated rings. The molecule has 0 aromatic carbocycles. The maximum Gasteiger partial charge on any atom is 0.183 e. The molecule has 1 saturated heterocycles. The van der Waals surface area contributed by atoms with Gasteiger partial charge in [0.25, 0.3) is 0 Å². The second-order valence-corrected chi connectivity index (χ2v) is 1.78. The maximum atomic E-state index is 8.64. The number of aliphatic hydroxyl groups excluding tert-OH is 3. The molecule has 1 heterocycles. The predicted octanol–water partition coefficient (Wildman–Crippen LogP) is -1.94.